The zero-order chi connectivity index (χ0) is 19.6. The fourth-order valence-corrected chi connectivity index (χ4v) is 2.78. The Labute approximate surface area is 147 Å². The van der Waals surface area contributed by atoms with Gasteiger partial charge in [0.15, 0.2) is 23.7 Å². The van der Waals surface area contributed by atoms with Crippen LogP contribution in [0.25, 0.3) is 11.0 Å². The van der Waals surface area contributed by atoms with E-state index in [2.05, 4.69) is 4.98 Å². The Bertz CT molecular complexity index is 884. The number of alkyl halides is 3. The van der Waals surface area contributed by atoms with Gasteiger partial charge in [0.05, 0.1) is 0 Å². The summed E-state index contributed by atoms with van der Waals surface area (Å²) in [4.78, 5) is 28.6. The molecule has 2 rings (SSSR count). The first-order valence-electron chi connectivity index (χ1n) is 8.11. The first kappa shape index (κ1) is 19.8. The molecule has 0 fully saturated rings. The third-order valence-electron chi connectivity index (χ3n) is 4.00. The molecule has 0 atom stereocenters. The average molecular weight is 375 g/mol. The molecule has 0 amide bonds. The van der Waals surface area contributed by atoms with Crippen molar-refractivity contribution in [2.75, 3.05) is 6.61 Å². The number of ether oxygens (including phenoxy) is 1. The van der Waals surface area contributed by atoms with Gasteiger partial charge in [-0.15, -0.1) is 0 Å². The van der Waals surface area contributed by atoms with Crippen molar-refractivity contribution >= 4 is 17.0 Å². The van der Waals surface area contributed by atoms with Crippen molar-refractivity contribution in [2.24, 2.45) is 7.05 Å². The molecular weight excluding hydrogens is 355 g/mol. The molecule has 2 aromatic heterocycles. The maximum atomic E-state index is 12.8. The van der Waals surface area contributed by atoms with Crippen molar-refractivity contribution in [3.63, 3.8) is 0 Å². The largest absolute Gasteiger partial charge is 0.481 e. The Morgan fingerprint density at radius 2 is 1.96 bits per heavy atom. The first-order chi connectivity index (χ1) is 12.1. The highest BCUT2D eigenvalue weighted by Crippen LogP contribution is 2.31. The first-order valence-corrected chi connectivity index (χ1v) is 8.11. The number of fused-ring (bicyclic) bond motifs is 1. The lowest BCUT2D eigenvalue weighted by atomic mass is 10.2. The topological polar surface area (TPSA) is 86.3 Å². The van der Waals surface area contributed by atoms with Crippen LogP contribution in [0.4, 0.5) is 13.2 Å². The van der Waals surface area contributed by atoms with Crippen molar-refractivity contribution in [2.45, 2.75) is 45.8 Å². The molecule has 0 unspecified atom stereocenters. The summed E-state index contributed by atoms with van der Waals surface area (Å²) in [5, 5.41) is 9.11. The molecular formula is C16H20F3N3O4. The van der Waals surface area contributed by atoms with E-state index in [4.69, 9.17) is 4.74 Å². The van der Waals surface area contributed by atoms with Crippen LogP contribution in [0.5, 0.6) is 5.75 Å². The molecule has 0 bridgehead atoms. The van der Waals surface area contributed by atoms with Gasteiger partial charge in [-0.05, 0) is 13.3 Å². The number of carboxylic acid groups (broad SMARTS) is 1. The van der Waals surface area contributed by atoms with Gasteiger partial charge < -0.3 is 14.4 Å². The number of aryl methyl sites for hydroxylation is 2. The molecule has 144 valence electrons. The lowest BCUT2D eigenvalue weighted by Gasteiger charge is -2.11. The van der Waals surface area contributed by atoms with Crippen LogP contribution in [-0.2, 0) is 13.6 Å². The van der Waals surface area contributed by atoms with E-state index in [0.29, 0.717) is 18.8 Å². The Hall–Kier alpha value is -2.52. The molecule has 1 N–H and O–H groups in total. The van der Waals surface area contributed by atoms with E-state index in [1.54, 1.807) is 6.92 Å². The van der Waals surface area contributed by atoms with Crippen LogP contribution in [0.15, 0.2) is 4.79 Å². The Balaban J connectivity index is 2.69. The molecule has 0 aliphatic heterocycles. The number of carbonyl (C=O) groups is 1. The van der Waals surface area contributed by atoms with Gasteiger partial charge in [0, 0.05) is 13.6 Å². The molecule has 0 aliphatic rings. The number of aromatic nitrogens is 3. The maximum absolute atomic E-state index is 12.8. The number of hydrogen-bond donors (Lipinski definition) is 1. The second-order valence-electron chi connectivity index (χ2n) is 5.97. The summed E-state index contributed by atoms with van der Waals surface area (Å²) in [6, 6.07) is 0. The lowest BCUT2D eigenvalue weighted by molar-refractivity contribution is -0.153. The van der Waals surface area contributed by atoms with E-state index < -0.39 is 35.8 Å². The number of carboxylic acids is 1. The average Bonchev–Trinajstić information content (AvgIpc) is 2.80. The Morgan fingerprint density at radius 1 is 1.31 bits per heavy atom. The maximum Gasteiger partial charge on any atom is 0.422 e. The Kier molecular flexibility index (Phi) is 5.62. The standard InChI is InChI=1S/C16H20F3N3O4/c1-4-5-6-7-22-9(2)20-13-10(14(22)23)12(26-8-16(17,18)19)11(15(24)25)21(13)3/h4-8H2,1-3H3,(H,24,25). The van der Waals surface area contributed by atoms with E-state index in [1.165, 1.54) is 11.6 Å². The Morgan fingerprint density at radius 3 is 2.50 bits per heavy atom. The lowest BCUT2D eigenvalue weighted by Crippen LogP contribution is -2.25. The smallest absolute Gasteiger partial charge is 0.422 e. The van der Waals surface area contributed by atoms with Crippen molar-refractivity contribution in [3.8, 4) is 5.75 Å². The monoisotopic (exact) mass is 375 g/mol. The summed E-state index contributed by atoms with van der Waals surface area (Å²) >= 11 is 0. The highest BCUT2D eigenvalue weighted by molar-refractivity contribution is 5.99. The molecule has 7 nitrogen and oxygen atoms in total. The molecule has 2 heterocycles. The zero-order valence-electron chi connectivity index (χ0n) is 14.7. The van der Waals surface area contributed by atoms with Gasteiger partial charge >= 0.3 is 12.1 Å². The number of rotatable bonds is 7. The molecule has 2 aromatic rings. The van der Waals surface area contributed by atoms with E-state index in [-0.39, 0.29) is 11.0 Å². The van der Waals surface area contributed by atoms with Crippen LogP contribution >= 0.6 is 0 Å². The molecule has 0 saturated carbocycles. The van der Waals surface area contributed by atoms with Crippen LogP contribution in [0.1, 0.15) is 42.5 Å². The molecule has 0 radical (unpaired) electrons. The quantitative estimate of drug-likeness (QED) is 0.752. The van der Waals surface area contributed by atoms with Crippen molar-refractivity contribution in [1.82, 2.24) is 14.1 Å². The summed E-state index contributed by atoms with van der Waals surface area (Å²) in [6.07, 6.45) is -2.17. The molecule has 0 spiro atoms. The van der Waals surface area contributed by atoms with Gasteiger partial charge in [-0.2, -0.15) is 13.2 Å². The minimum Gasteiger partial charge on any atom is -0.481 e. The zero-order valence-corrected chi connectivity index (χ0v) is 14.7. The predicted octanol–water partition coefficient (Wildman–Crippen LogP) is 2.87. The third kappa shape index (κ3) is 3.83. The van der Waals surface area contributed by atoms with Crippen molar-refractivity contribution in [3.05, 3.63) is 21.9 Å². The van der Waals surface area contributed by atoms with Crippen LogP contribution in [-0.4, -0.2) is 38.0 Å². The fourth-order valence-electron chi connectivity index (χ4n) is 2.78. The highest BCUT2D eigenvalue weighted by Gasteiger charge is 2.33. The van der Waals surface area contributed by atoms with E-state index >= 15 is 0 Å². The number of unbranched alkanes of at least 4 members (excludes halogenated alkanes) is 2. The third-order valence-corrected chi connectivity index (χ3v) is 4.00. The number of hydrogen-bond acceptors (Lipinski definition) is 4. The second kappa shape index (κ2) is 7.38. The SMILES string of the molecule is CCCCCn1c(C)nc2c(c(OCC(F)(F)F)c(C(=O)O)n2C)c1=O. The number of aromatic carboxylic acids is 1. The number of nitrogens with zero attached hydrogens (tertiary/aromatic N) is 3. The van der Waals surface area contributed by atoms with Gasteiger partial charge in [-0.1, -0.05) is 19.8 Å². The van der Waals surface area contributed by atoms with E-state index in [0.717, 1.165) is 17.4 Å². The van der Waals surface area contributed by atoms with Gasteiger partial charge in [0.2, 0.25) is 0 Å². The minimum atomic E-state index is -4.67. The van der Waals surface area contributed by atoms with Gasteiger partial charge in [-0.3, -0.25) is 9.36 Å². The van der Waals surface area contributed by atoms with Crippen LogP contribution < -0.4 is 10.3 Å². The normalized spacial score (nSPS) is 11.9. The fraction of sp³-hybridized carbons (Fsp3) is 0.562. The summed E-state index contributed by atoms with van der Waals surface area (Å²) < 4.78 is 44.8. The molecule has 0 aliphatic carbocycles. The molecule has 0 aromatic carbocycles. The van der Waals surface area contributed by atoms with Crippen LogP contribution in [0.3, 0.4) is 0 Å². The van der Waals surface area contributed by atoms with E-state index in [1.807, 2.05) is 6.92 Å². The number of halogens is 3. The van der Waals surface area contributed by atoms with Gasteiger partial charge in [0.25, 0.3) is 5.56 Å². The van der Waals surface area contributed by atoms with Crippen molar-refractivity contribution in [1.29, 1.82) is 0 Å². The summed E-state index contributed by atoms with van der Waals surface area (Å²) in [5.74, 6) is -1.75. The van der Waals surface area contributed by atoms with Crippen molar-refractivity contribution < 1.29 is 27.8 Å². The molecule has 0 saturated heterocycles. The molecule has 26 heavy (non-hydrogen) atoms. The van der Waals surface area contributed by atoms with Crippen LogP contribution in [0, 0.1) is 6.92 Å². The highest BCUT2D eigenvalue weighted by atomic mass is 19.4. The van der Waals surface area contributed by atoms with Crippen LogP contribution in [0.2, 0.25) is 0 Å². The summed E-state index contributed by atoms with van der Waals surface area (Å²) in [6.45, 7) is 2.24. The molecule has 10 heteroatoms. The van der Waals surface area contributed by atoms with E-state index in [9.17, 15) is 27.9 Å². The second-order valence-corrected chi connectivity index (χ2v) is 5.97. The summed E-state index contributed by atoms with van der Waals surface area (Å²) in [7, 11) is 1.32. The minimum absolute atomic E-state index is 0.0196. The summed E-state index contributed by atoms with van der Waals surface area (Å²) in [5.41, 5.74) is -1.17. The van der Waals surface area contributed by atoms with Gasteiger partial charge in [-0.25, -0.2) is 9.78 Å². The predicted molar refractivity (Wildman–Crippen MR) is 87.7 cm³/mol. The van der Waals surface area contributed by atoms with Gasteiger partial charge in [0.1, 0.15) is 11.2 Å².